The molecule has 2 aromatic heterocycles. The number of aromatic nitrogens is 2. The molecule has 0 bridgehead atoms. The van der Waals surface area contributed by atoms with Gasteiger partial charge in [-0.1, -0.05) is 220 Å². The second-order valence-corrected chi connectivity index (χ2v) is 23.9. The maximum Gasteiger partial charge on any atom is 0.0726 e. The number of hydrogen-bond donors (Lipinski definition) is 0. The molecular formula is C82H55N3. The topological polar surface area (TPSA) is 13.1 Å². The average Bonchev–Trinajstić information content (AvgIpc) is 1.61. The molecule has 18 rings (SSSR count). The van der Waals surface area contributed by atoms with E-state index in [0.717, 1.165) is 28.4 Å². The predicted octanol–water partition coefficient (Wildman–Crippen LogP) is 21.3. The van der Waals surface area contributed by atoms with Crippen LogP contribution in [-0.4, -0.2) is 9.13 Å². The van der Waals surface area contributed by atoms with E-state index in [2.05, 4.69) is 325 Å². The van der Waals surface area contributed by atoms with Gasteiger partial charge in [0, 0.05) is 55.4 Å². The molecule has 15 aromatic rings. The zero-order valence-corrected chi connectivity index (χ0v) is 47.1. The highest BCUT2D eigenvalue weighted by Crippen LogP contribution is 2.65. The number of para-hydroxylation sites is 4. The van der Waals surface area contributed by atoms with Crippen LogP contribution in [0, 0.1) is 0 Å². The third-order valence-electron chi connectivity index (χ3n) is 19.3. The van der Waals surface area contributed by atoms with Gasteiger partial charge in [-0.15, -0.1) is 0 Å². The van der Waals surface area contributed by atoms with Crippen LogP contribution in [0.15, 0.2) is 297 Å². The van der Waals surface area contributed by atoms with Gasteiger partial charge < -0.3 is 14.0 Å². The molecule has 1 spiro atoms. The minimum Gasteiger partial charge on any atom is -0.310 e. The summed E-state index contributed by atoms with van der Waals surface area (Å²) in [5.74, 6) is 0. The van der Waals surface area contributed by atoms with Gasteiger partial charge >= 0.3 is 0 Å². The van der Waals surface area contributed by atoms with E-state index in [-0.39, 0.29) is 5.41 Å². The summed E-state index contributed by atoms with van der Waals surface area (Å²) in [5, 5.41) is 4.99. The fourth-order valence-corrected chi connectivity index (χ4v) is 15.6. The molecular weight excluding hydrogens is 1030 g/mol. The van der Waals surface area contributed by atoms with Crippen LogP contribution in [0.4, 0.5) is 17.1 Å². The number of anilines is 3. The summed E-state index contributed by atoms with van der Waals surface area (Å²) in [6.07, 6.45) is 0. The van der Waals surface area contributed by atoms with Crippen molar-refractivity contribution in [2.45, 2.75) is 24.7 Å². The van der Waals surface area contributed by atoms with Gasteiger partial charge in [-0.2, -0.15) is 0 Å². The maximum absolute atomic E-state index is 2.55. The summed E-state index contributed by atoms with van der Waals surface area (Å²) < 4.78 is 4.82. The van der Waals surface area contributed by atoms with E-state index in [1.54, 1.807) is 0 Å². The van der Waals surface area contributed by atoms with Gasteiger partial charge in [0.1, 0.15) is 0 Å². The van der Waals surface area contributed by atoms with Crippen molar-refractivity contribution in [1.82, 2.24) is 9.13 Å². The van der Waals surface area contributed by atoms with Crippen LogP contribution in [0.25, 0.3) is 111 Å². The molecule has 0 saturated heterocycles. The Morgan fingerprint density at radius 3 is 1.39 bits per heavy atom. The molecule has 3 nitrogen and oxygen atoms in total. The van der Waals surface area contributed by atoms with Gasteiger partial charge in [-0.25, -0.2) is 0 Å². The average molecular weight is 1080 g/mol. The monoisotopic (exact) mass is 1080 g/mol. The molecule has 0 unspecified atom stereocenters. The molecule has 0 N–H and O–H groups in total. The number of nitrogens with zero attached hydrogens (tertiary/aromatic N) is 3. The number of fused-ring (bicyclic) bond motifs is 19. The maximum atomic E-state index is 2.55. The smallest absolute Gasteiger partial charge is 0.0726 e. The molecule has 85 heavy (non-hydrogen) atoms. The van der Waals surface area contributed by atoms with Gasteiger partial charge in [0.25, 0.3) is 0 Å². The molecule has 0 amide bonds. The highest BCUT2D eigenvalue weighted by molar-refractivity contribution is 6.12. The molecule has 0 atom stereocenters. The van der Waals surface area contributed by atoms with E-state index in [9.17, 15) is 0 Å². The summed E-state index contributed by atoms with van der Waals surface area (Å²) in [6, 6.07) is 112. The summed E-state index contributed by atoms with van der Waals surface area (Å²) >= 11 is 0. The van der Waals surface area contributed by atoms with E-state index in [1.165, 1.54) is 133 Å². The third-order valence-corrected chi connectivity index (χ3v) is 19.3. The van der Waals surface area contributed by atoms with Crippen molar-refractivity contribution in [2.24, 2.45) is 0 Å². The fraction of sp³-hybridized carbons (Fsp3) is 0.0488. The Kier molecular flexibility index (Phi) is 10.1. The van der Waals surface area contributed by atoms with Crippen molar-refractivity contribution in [3.05, 3.63) is 331 Å². The van der Waals surface area contributed by atoms with Crippen molar-refractivity contribution >= 4 is 60.7 Å². The lowest BCUT2D eigenvalue weighted by atomic mass is 9.70. The zero-order valence-electron chi connectivity index (χ0n) is 47.1. The van der Waals surface area contributed by atoms with Crippen molar-refractivity contribution in [1.29, 1.82) is 0 Å². The van der Waals surface area contributed by atoms with Crippen LogP contribution in [0.1, 0.15) is 47.2 Å². The Bertz CT molecular complexity index is 5220. The lowest BCUT2D eigenvalue weighted by molar-refractivity contribution is 0.660. The molecule has 0 fully saturated rings. The molecule has 2 heterocycles. The van der Waals surface area contributed by atoms with E-state index >= 15 is 0 Å². The van der Waals surface area contributed by atoms with Crippen LogP contribution in [-0.2, 0) is 10.8 Å². The van der Waals surface area contributed by atoms with Gasteiger partial charge in [-0.05, 0) is 180 Å². The Hall–Kier alpha value is -10.7. The van der Waals surface area contributed by atoms with Crippen LogP contribution in [0.3, 0.4) is 0 Å². The molecule has 3 heteroatoms. The predicted molar refractivity (Wildman–Crippen MR) is 355 cm³/mol. The van der Waals surface area contributed by atoms with Crippen LogP contribution < -0.4 is 4.90 Å². The van der Waals surface area contributed by atoms with Crippen LogP contribution in [0.5, 0.6) is 0 Å². The molecule has 13 aromatic carbocycles. The van der Waals surface area contributed by atoms with Crippen LogP contribution in [0.2, 0.25) is 0 Å². The van der Waals surface area contributed by atoms with Gasteiger partial charge in [0.15, 0.2) is 0 Å². The number of rotatable bonds is 7. The first kappa shape index (κ1) is 47.9. The van der Waals surface area contributed by atoms with E-state index in [4.69, 9.17) is 0 Å². The van der Waals surface area contributed by atoms with E-state index < -0.39 is 5.41 Å². The van der Waals surface area contributed by atoms with Crippen LogP contribution >= 0.6 is 0 Å². The summed E-state index contributed by atoms with van der Waals surface area (Å²) in [4.78, 5) is 2.51. The Labute approximate surface area is 494 Å². The first-order chi connectivity index (χ1) is 41.9. The first-order valence-corrected chi connectivity index (χ1v) is 29.7. The van der Waals surface area contributed by atoms with Crippen molar-refractivity contribution < 1.29 is 0 Å². The summed E-state index contributed by atoms with van der Waals surface area (Å²) in [5.41, 5.74) is 30.2. The second kappa shape index (κ2) is 17.9. The second-order valence-electron chi connectivity index (χ2n) is 23.9. The minimum absolute atomic E-state index is 0.185. The Morgan fingerprint density at radius 1 is 0.259 bits per heavy atom. The quantitative estimate of drug-likeness (QED) is 0.155. The molecule has 0 radical (unpaired) electrons. The number of hydrogen-bond acceptors (Lipinski definition) is 1. The molecule has 3 aliphatic carbocycles. The van der Waals surface area contributed by atoms with Crippen molar-refractivity contribution in [2.75, 3.05) is 4.90 Å². The van der Waals surface area contributed by atoms with Gasteiger partial charge in [0.2, 0.25) is 0 Å². The molecule has 0 saturated carbocycles. The largest absolute Gasteiger partial charge is 0.310 e. The van der Waals surface area contributed by atoms with Gasteiger partial charge in [-0.3, -0.25) is 0 Å². The minimum atomic E-state index is -0.588. The highest BCUT2D eigenvalue weighted by Gasteiger charge is 2.52. The molecule has 398 valence electrons. The van der Waals surface area contributed by atoms with Crippen molar-refractivity contribution in [3.63, 3.8) is 0 Å². The molecule has 0 aliphatic heterocycles. The standard InChI is InChI=1S/C82H55N3/c1-81(2)70-30-14-9-24-61(70)64-45-42-58(50-74(64)81)83(57-40-36-52(37-41-57)53-38-44-67-65-27-12-17-34-76(65)85(79(67)49-53)56-22-7-4-8-23-56)59-43-46-68-75(51-59)82(71-31-15-10-25-62(71)63-26-11-16-32-72(63)82)73-33-19-29-60(80(68)73)54-39-47-78-69(48-54)66-28-13-18-35-77(66)84(78)55-20-5-3-6-21-55/h3-51H,1-2H3. The SMILES string of the molecule is CC1(C)c2ccccc2-c2ccc(N(c3ccc(-c4ccc5c6ccccc6n(-c6ccccc6)c5c4)cc3)c3ccc4c(c3)C3(c5ccccc5-c5ccccc53)c3cccc(-c5ccc6c(c5)c5ccccc5n6-c5ccccc5)c3-4)cc21. The third kappa shape index (κ3) is 6.66. The highest BCUT2D eigenvalue weighted by atomic mass is 15.1. The van der Waals surface area contributed by atoms with Crippen molar-refractivity contribution in [3.8, 4) is 67.0 Å². The fourth-order valence-electron chi connectivity index (χ4n) is 15.6. The summed E-state index contributed by atoms with van der Waals surface area (Å²) in [6.45, 7) is 4.77. The first-order valence-electron chi connectivity index (χ1n) is 29.7. The van der Waals surface area contributed by atoms with E-state index in [1.807, 2.05) is 0 Å². The normalized spacial score (nSPS) is 13.7. The Balaban J connectivity index is 0.846. The Morgan fingerprint density at radius 2 is 0.718 bits per heavy atom. The lowest BCUT2D eigenvalue weighted by Gasteiger charge is -2.32. The molecule has 3 aliphatic rings. The number of benzene rings is 13. The lowest BCUT2D eigenvalue weighted by Crippen LogP contribution is -2.26. The summed E-state index contributed by atoms with van der Waals surface area (Å²) in [7, 11) is 0. The zero-order chi connectivity index (χ0) is 56.1. The van der Waals surface area contributed by atoms with E-state index in [0.29, 0.717) is 0 Å². The van der Waals surface area contributed by atoms with Gasteiger partial charge in [0.05, 0.1) is 27.5 Å².